The zero-order valence-corrected chi connectivity index (χ0v) is 15.4. The van der Waals surface area contributed by atoms with Crippen molar-refractivity contribution in [3.05, 3.63) is 59.4 Å². The summed E-state index contributed by atoms with van der Waals surface area (Å²) in [6.45, 7) is 2.77. The highest BCUT2D eigenvalue weighted by Gasteiger charge is 2.18. The molecule has 0 saturated heterocycles. The molecular weight excluding hydrogens is 336 g/mol. The Labute approximate surface area is 158 Å². The van der Waals surface area contributed by atoms with E-state index in [1.54, 1.807) is 0 Å². The number of rotatable bonds is 2. The van der Waals surface area contributed by atoms with Gasteiger partial charge in [-0.25, -0.2) is 4.98 Å². The van der Waals surface area contributed by atoms with Gasteiger partial charge in [-0.2, -0.15) is 0 Å². The van der Waals surface area contributed by atoms with E-state index in [0.717, 1.165) is 59.2 Å². The summed E-state index contributed by atoms with van der Waals surface area (Å²) in [5.41, 5.74) is 7.66. The largest absolute Gasteiger partial charge is 0.352 e. The van der Waals surface area contributed by atoms with Gasteiger partial charge >= 0.3 is 0 Å². The van der Waals surface area contributed by atoms with E-state index in [1.807, 2.05) is 24.5 Å². The Bertz CT molecular complexity index is 1080. The summed E-state index contributed by atoms with van der Waals surface area (Å²) in [4.78, 5) is 22.3. The van der Waals surface area contributed by atoms with Crippen molar-refractivity contribution in [1.29, 1.82) is 0 Å². The third-order valence-electron chi connectivity index (χ3n) is 5.65. The number of aromatic nitrogens is 2. The number of carbonyl (C=O) groups excluding carboxylic acids is 1. The summed E-state index contributed by atoms with van der Waals surface area (Å²) >= 11 is 0. The van der Waals surface area contributed by atoms with Gasteiger partial charge < -0.3 is 15.2 Å². The number of benzene rings is 1. The minimum absolute atomic E-state index is 0.0277. The lowest BCUT2D eigenvalue weighted by atomic mass is 9.94. The van der Waals surface area contributed by atoms with E-state index in [0.29, 0.717) is 6.54 Å². The Morgan fingerprint density at radius 2 is 2.04 bits per heavy atom. The first-order chi connectivity index (χ1) is 13.2. The molecule has 2 aliphatic rings. The lowest BCUT2D eigenvalue weighted by Gasteiger charge is -2.22. The molecule has 0 atom stereocenters. The molecule has 1 aromatic carbocycles. The zero-order chi connectivity index (χ0) is 18.4. The highest BCUT2D eigenvalue weighted by atomic mass is 16.1. The van der Waals surface area contributed by atoms with Crippen molar-refractivity contribution in [3.8, 4) is 11.1 Å². The first kappa shape index (κ1) is 16.3. The van der Waals surface area contributed by atoms with Crippen LogP contribution in [0.4, 0.5) is 0 Å². The Balaban J connectivity index is 1.58. The fourth-order valence-electron chi connectivity index (χ4n) is 4.05. The minimum atomic E-state index is 0.0277. The van der Waals surface area contributed by atoms with Crippen molar-refractivity contribution in [1.82, 2.24) is 20.2 Å². The van der Waals surface area contributed by atoms with Crippen LogP contribution in [0.1, 0.15) is 27.9 Å². The molecule has 0 bridgehead atoms. The molecule has 27 heavy (non-hydrogen) atoms. The van der Waals surface area contributed by atoms with Crippen molar-refractivity contribution >= 4 is 22.5 Å². The number of carbonyl (C=O) groups is 1. The number of H-pyrrole nitrogens is 1. The average Bonchev–Trinajstić information content (AvgIpc) is 3.12. The lowest BCUT2D eigenvalue weighted by Crippen LogP contribution is -2.31. The topological polar surface area (TPSA) is 61.0 Å². The predicted molar refractivity (Wildman–Crippen MR) is 108 cm³/mol. The van der Waals surface area contributed by atoms with Crippen LogP contribution in [-0.4, -0.2) is 47.5 Å². The molecule has 136 valence electrons. The molecule has 0 radical (unpaired) electrons. The van der Waals surface area contributed by atoms with Crippen LogP contribution in [-0.2, 0) is 6.42 Å². The van der Waals surface area contributed by atoms with Crippen LogP contribution in [0.3, 0.4) is 0 Å². The van der Waals surface area contributed by atoms with E-state index < -0.39 is 0 Å². The number of hydrogen-bond acceptors (Lipinski definition) is 3. The number of fused-ring (bicyclic) bond motifs is 2. The van der Waals surface area contributed by atoms with Gasteiger partial charge in [0.05, 0.1) is 0 Å². The number of amides is 1. The van der Waals surface area contributed by atoms with Crippen molar-refractivity contribution in [2.24, 2.45) is 0 Å². The molecule has 4 heterocycles. The third-order valence-corrected chi connectivity index (χ3v) is 5.65. The van der Waals surface area contributed by atoms with Gasteiger partial charge in [0.15, 0.2) is 0 Å². The Morgan fingerprint density at radius 3 is 2.89 bits per heavy atom. The molecule has 5 nitrogen and oxygen atoms in total. The van der Waals surface area contributed by atoms with Crippen molar-refractivity contribution in [2.45, 2.75) is 12.8 Å². The minimum Gasteiger partial charge on any atom is -0.352 e. The third kappa shape index (κ3) is 2.84. The maximum absolute atomic E-state index is 12.0. The molecule has 0 aliphatic carbocycles. The SMILES string of the molecule is CN1CC=C(c2cnc3[nH]cc(-c4ccc5c(c4)CCNC5=O)c3c2)CC1. The van der Waals surface area contributed by atoms with Gasteiger partial charge in [0.2, 0.25) is 0 Å². The summed E-state index contributed by atoms with van der Waals surface area (Å²) in [5, 5.41) is 4.04. The number of likely N-dealkylation sites (N-methyl/N-ethyl adjacent to an activating group) is 1. The van der Waals surface area contributed by atoms with Crippen molar-refractivity contribution in [2.75, 3.05) is 26.7 Å². The molecular formula is C22H22N4O. The van der Waals surface area contributed by atoms with Crippen LogP contribution in [0.25, 0.3) is 27.7 Å². The first-order valence-electron chi connectivity index (χ1n) is 9.45. The molecule has 0 saturated carbocycles. The Morgan fingerprint density at radius 1 is 1.11 bits per heavy atom. The molecule has 0 fully saturated rings. The predicted octanol–water partition coefficient (Wildman–Crippen LogP) is 3.23. The second kappa shape index (κ2) is 6.35. The summed E-state index contributed by atoms with van der Waals surface area (Å²) in [7, 11) is 2.15. The number of hydrogen-bond donors (Lipinski definition) is 2. The summed E-state index contributed by atoms with van der Waals surface area (Å²) < 4.78 is 0. The van der Waals surface area contributed by atoms with Gasteiger partial charge in [-0.3, -0.25) is 4.79 Å². The van der Waals surface area contributed by atoms with E-state index in [-0.39, 0.29) is 5.91 Å². The second-order valence-electron chi connectivity index (χ2n) is 7.44. The molecule has 2 aliphatic heterocycles. The highest BCUT2D eigenvalue weighted by Crippen LogP contribution is 2.32. The molecule has 3 aromatic rings. The Hall–Kier alpha value is -2.92. The van der Waals surface area contributed by atoms with Gasteiger partial charge in [0, 0.05) is 48.5 Å². The molecule has 5 heteroatoms. The molecule has 2 N–H and O–H groups in total. The maximum atomic E-state index is 12.0. The van der Waals surface area contributed by atoms with Crippen LogP contribution >= 0.6 is 0 Å². The normalized spacial score (nSPS) is 17.5. The first-order valence-corrected chi connectivity index (χ1v) is 9.45. The van der Waals surface area contributed by atoms with Crippen molar-refractivity contribution < 1.29 is 4.79 Å². The van der Waals surface area contributed by atoms with E-state index >= 15 is 0 Å². The van der Waals surface area contributed by atoms with Crippen LogP contribution in [0.2, 0.25) is 0 Å². The molecule has 1 amide bonds. The number of nitrogens with zero attached hydrogens (tertiary/aromatic N) is 2. The number of nitrogens with one attached hydrogen (secondary N) is 2. The van der Waals surface area contributed by atoms with Crippen molar-refractivity contribution in [3.63, 3.8) is 0 Å². The molecule has 0 spiro atoms. The fraction of sp³-hybridized carbons (Fsp3) is 0.273. The molecule has 0 unspecified atom stereocenters. The van der Waals surface area contributed by atoms with Gasteiger partial charge in [-0.05, 0) is 54.3 Å². The zero-order valence-electron chi connectivity index (χ0n) is 15.4. The standard InChI is InChI=1S/C22H22N4O/c1-26-8-5-14(6-9-26)17-11-19-20(13-25-21(19)24-12-17)15-2-3-18-16(10-15)4-7-23-22(18)27/h2-3,5,10-13H,4,6-9H2,1H3,(H,23,27)(H,24,25). The smallest absolute Gasteiger partial charge is 0.251 e. The van der Waals surface area contributed by atoms with Gasteiger partial charge in [-0.15, -0.1) is 0 Å². The second-order valence-corrected chi connectivity index (χ2v) is 7.44. The Kier molecular flexibility index (Phi) is 3.83. The van der Waals surface area contributed by atoms with E-state index in [1.165, 1.54) is 11.1 Å². The van der Waals surface area contributed by atoms with E-state index in [4.69, 9.17) is 0 Å². The quantitative estimate of drug-likeness (QED) is 0.739. The average molecular weight is 358 g/mol. The highest BCUT2D eigenvalue weighted by molar-refractivity contribution is 5.99. The van der Waals surface area contributed by atoms with Gasteiger partial charge in [0.25, 0.3) is 5.91 Å². The van der Waals surface area contributed by atoms with Crippen LogP contribution in [0, 0.1) is 0 Å². The molecule has 5 rings (SSSR count). The number of aromatic amines is 1. The summed E-state index contributed by atoms with van der Waals surface area (Å²) in [6, 6.07) is 8.37. The summed E-state index contributed by atoms with van der Waals surface area (Å²) in [5.74, 6) is 0.0277. The summed E-state index contributed by atoms with van der Waals surface area (Å²) in [6.07, 6.45) is 8.22. The van der Waals surface area contributed by atoms with Crippen LogP contribution < -0.4 is 5.32 Å². The maximum Gasteiger partial charge on any atom is 0.251 e. The fourth-order valence-corrected chi connectivity index (χ4v) is 4.05. The van der Waals surface area contributed by atoms with Gasteiger partial charge in [0.1, 0.15) is 5.65 Å². The lowest BCUT2D eigenvalue weighted by molar-refractivity contribution is 0.0946. The van der Waals surface area contributed by atoms with Gasteiger partial charge in [-0.1, -0.05) is 18.2 Å². The monoisotopic (exact) mass is 358 g/mol. The van der Waals surface area contributed by atoms with E-state index in [2.05, 4.69) is 45.4 Å². The van der Waals surface area contributed by atoms with Crippen LogP contribution in [0.15, 0.2) is 42.7 Å². The number of pyridine rings is 1. The van der Waals surface area contributed by atoms with E-state index in [9.17, 15) is 4.79 Å². The van der Waals surface area contributed by atoms with Crippen LogP contribution in [0.5, 0.6) is 0 Å². The molecule has 2 aromatic heterocycles.